The Morgan fingerprint density at radius 3 is 2.60 bits per heavy atom. The minimum Gasteiger partial charge on any atom is -0.397 e. The van der Waals surface area contributed by atoms with E-state index in [0.29, 0.717) is 12.0 Å². The molecule has 1 heterocycles. The van der Waals surface area contributed by atoms with Gasteiger partial charge < -0.3 is 11.1 Å². The molecule has 0 saturated carbocycles. The SMILES string of the molecule is CCC(Nc1ncc(N)cc1C)C(C)C. The molecule has 0 amide bonds. The Balaban J connectivity index is 2.79. The van der Waals surface area contributed by atoms with Gasteiger partial charge in [-0.05, 0) is 30.9 Å². The van der Waals surface area contributed by atoms with Crippen LogP contribution in [0.2, 0.25) is 0 Å². The number of hydrogen-bond donors (Lipinski definition) is 2. The third-order valence-corrected chi connectivity index (χ3v) is 2.67. The molecule has 3 N–H and O–H groups in total. The topological polar surface area (TPSA) is 50.9 Å². The maximum Gasteiger partial charge on any atom is 0.129 e. The van der Waals surface area contributed by atoms with Gasteiger partial charge in [0.25, 0.3) is 0 Å². The first-order chi connectivity index (χ1) is 7.04. The maximum absolute atomic E-state index is 5.66. The number of pyridine rings is 1. The Hall–Kier alpha value is -1.25. The molecule has 0 aromatic carbocycles. The van der Waals surface area contributed by atoms with Crippen LogP contribution in [0, 0.1) is 12.8 Å². The molecule has 3 nitrogen and oxygen atoms in total. The lowest BCUT2D eigenvalue weighted by Crippen LogP contribution is -2.25. The Labute approximate surface area is 92.1 Å². The van der Waals surface area contributed by atoms with Gasteiger partial charge in [0, 0.05) is 6.04 Å². The van der Waals surface area contributed by atoms with Gasteiger partial charge in [-0.2, -0.15) is 0 Å². The van der Waals surface area contributed by atoms with E-state index in [9.17, 15) is 0 Å². The number of aromatic nitrogens is 1. The molecule has 0 spiro atoms. The lowest BCUT2D eigenvalue weighted by molar-refractivity contribution is 0.509. The fourth-order valence-corrected chi connectivity index (χ4v) is 1.66. The van der Waals surface area contributed by atoms with Gasteiger partial charge in [-0.3, -0.25) is 0 Å². The second-order valence-electron chi connectivity index (χ2n) is 4.34. The molecule has 15 heavy (non-hydrogen) atoms. The van der Waals surface area contributed by atoms with Gasteiger partial charge in [0.15, 0.2) is 0 Å². The van der Waals surface area contributed by atoms with Crippen LogP contribution in [0.3, 0.4) is 0 Å². The van der Waals surface area contributed by atoms with Crippen molar-refractivity contribution in [2.75, 3.05) is 11.1 Å². The minimum absolute atomic E-state index is 0.472. The first-order valence-electron chi connectivity index (χ1n) is 5.53. The molecule has 1 unspecified atom stereocenters. The van der Waals surface area contributed by atoms with E-state index in [4.69, 9.17) is 5.73 Å². The van der Waals surface area contributed by atoms with Crippen molar-refractivity contribution in [2.45, 2.75) is 40.2 Å². The van der Waals surface area contributed by atoms with E-state index >= 15 is 0 Å². The van der Waals surface area contributed by atoms with Crippen LogP contribution in [0.1, 0.15) is 32.8 Å². The molecular weight excluding hydrogens is 186 g/mol. The summed E-state index contributed by atoms with van der Waals surface area (Å²) in [5.74, 6) is 1.55. The zero-order valence-electron chi connectivity index (χ0n) is 10.0. The molecule has 1 rings (SSSR count). The van der Waals surface area contributed by atoms with E-state index in [1.54, 1.807) is 6.20 Å². The van der Waals surface area contributed by atoms with Crippen LogP contribution in [-0.2, 0) is 0 Å². The Morgan fingerprint density at radius 1 is 1.47 bits per heavy atom. The zero-order chi connectivity index (χ0) is 11.4. The second kappa shape index (κ2) is 5.01. The third-order valence-electron chi connectivity index (χ3n) is 2.67. The standard InChI is InChI=1S/C12H21N3/c1-5-11(8(2)3)15-12-9(4)6-10(13)7-14-12/h6-8,11H,5,13H2,1-4H3,(H,14,15). The number of nitrogens with zero attached hydrogens (tertiary/aromatic N) is 1. The van der Waals surface area contributed by atoms with Crippen LogP contribution in [0.4, 0.5) is 11.5 Å². The fraction of sp³-hybridized carbons (Fsp3) is 0.583. The molecule has 0 radical (unpaired) electrons. The first-order valence-corrected chi connectivity index (χ1v) is 5.53. The summed E-state index contributed by atoms with van der Waals surface area (Å²) in [5.41, 5.74) is 7.48. The number of nitrogens with one attached hydrogen (secondary N) is 1. The molecular formula is C12H21N3. The summed E-state index contributed by atoms with van der Waals surface area (Å²) in [6, 6.07) is 2.42. The molecule has 3 heteroatoms. The van der Waals surface area contributed by atoms with Crippen LogP contribution in [-0.4, -0.2) is 11.0 Å². The van der Waals surface area contributed by atoms with Gasteiger partial charge in [0.2, 0.25) is 0 Å². The maximum atomic E-state index is 5.66. The van der Waals surface area contributed by atoms with E-state index < -0.39 is 0 Å². The summed E-state index contributed by atoms with van der Waals surface area (Å²) in [4.78, 5) is 4.31. The van der Waals surface area contributed by atoms with E-state index in [1.165, 1.54) is 0 Å². The Morgan fingerprint density at radius 2 is 2.13 bits per heavy atom. The number of hydrogen-bond acceptors (Lipinski definition) is 3. The monoisotopic (exact) mass is 207 g/mol. The van der Waals surface area contributed by atoms with Crippen molar-refractivity contribution < 1.29 is 0 Å². The van der Waals surface area contributed by atoms with Crippen molar-refractivity contribution in [2.24, 2.45) is 5.92 Å². The van der Waals surface area contributed by atoms with E-state index in [-0.39, 0.29) is 0 Å². The lowest BCUT2D eigenvalue weighted by Gasteiger charge is -2.22. The van der Waals surface area contributed by atoms with E-state index in [2.05, 4.69) is 31.1 Å². The molecule has 0 fully saturated rings. The Kier molecular flexibility index (Phi) is 3.95. The molecule has 0 aliphatic heterocycles. The number of aryl methyl sites for hydroxylation is 1. The van der Waals surface area contributed by atoms with Crippen molar-refractivity contribution in [1.29, 1.82) is 0 Å². The van der Waals surface area contributed by atoms with Gasteiger partial charge >= 0.3 is 0 Å². The smallest absolute Gasteiger partial charge is 0.129 e. The van der Waals surface area contributed by atoms with Crippen LogP contribution in [0.5, 0.6) is 0 Å². The summed E-state index contributed by atoms with van der Waals surface area (Å²) >= 11 is 0. The van der Waals surface area contributed by atoms with Crippen LogP contribution >= 0.6 is 0 Å². The van der Waals surface area contributed by atoms with Gasteiger partial charge in [-0.25, -0.2) is 4.98 Å². The van der Waals surface area contributed by atoms with Gasteiger partial charge in [-0.1, -0.05) is 20.8 Å². The van der Waals surface area contributed by atoms with Crippen LogP contribution in [0.15, 0.2) is 12.3 Å². The van der Waals surface area contributed by atoms with E-state index in [1.807, 2.05) is 13.0 Å². The number of nitrogen functional groups attached to an aromatic ring is 1. The van der Waals surface area contributed by atoms with Crippen LogP contribution < -0.4 is 11.1 Å². The molecule has 1 aromatic heterocycles. The second-order valence-corrected chi connectivity index (χ2v) is 4.34. The quantitative estimate of drug-likeness (QED) is 0.798. The molecule has 0 bridgehead atoms. The molecule has 0 aliphatic carbocycles. The van der Waals surface area contributed by atoms with Gasteiger partial charge in [0.1, 0.15) is 5.82 Å². The molecule has 1 aromatic rings. The zero-order valence-corrected chi connectivity index (χ0v) is 10.0. The average Bonchev–Trinajstić information content (AvgIpc) is 2.16. The van der Waals surface area contributed by atoms with Crippen LogP contribution in [0.25, 0.3) is 0 Å². The highest BCUT2D eigenvalue weighted by Crippen LogP contribution is 2.18. The summed E-state index contributed by atoms with van der Waals surface area (Å²) in [6.07, 6.45) is 2.80. The summed E-state index contributed by atoms with van der Waals surface area (Å²) < 4.78 is 0. The van der Waals surface area contributed by atoms with Gasteiger partial charge in [0.05, 0.1) is 11.9 Å². The normalized spacial score (nSPS) is 12.9. The highest BCUT2D eigenvalue weighted by molar-refractivity contribution is 5.51. The summed E-state index contributed by atoms with van der Waals surface area (Å²) in [7, 11) is 0. The number of anilines is 2. The fourth-order valence-electron chi connectivity index (χ4n) is 1.66. The lowest BCUT2D eigenvalue weighted by atomic mass is 10.0. The molecule has 0 saturated heterocycles. The minimum atomic E-state index is 0.472. The number of rotatable bonds is 4. The highest BCUT2D eigenvalue weighted by Gasteiger charge is 2.12. The first kappa shape index (κ1) is 11.8. The van der Waals surface area contributed by atoms with Crippen molar-refractivity contribution in [1.82, 2.24) is 4.98 Å². The molecule has 84 valence electrons. The Bertz CT molecular complexity index is 321. The summed E-state index contributed by atoms with van der Waals surface area (Å²) in [5, 5.41) is 3.46. The average molecular weight is 207 g/mol. The van der Waals surface area contributed by atoms with Crippen molar-refractivity contribution >= 4 is 11.5 Å². The van der Waals surface area contributed by atoms with Crippen molar-refractivity contribution in [3.8, 4) is 0 Å². The molecule has 1 atom stereocenters. The predicted octanol–water partition coefficient (Wildman–Crippen LogP) is 2.82. The van der Waals surface area contributed by atoms with Crippen molar-refractivity contribution in [3.63, 3.8) is 0 Å². The third kappa shape index (κ3) is 3.11. The largest absolute Gasteiger partial charge is 0.397 e. The van der Waals surface area contributed by atoms with E-state index in [0.717, 1.165) is 23.5 Å². The molecule has 0 aliphatic rings. The summed E-state index contributed by atoms with van der Waals surface area (Å²) in [6.45, 7) is 8.64. The number of nitrogens with two attached hydrogens (primary N) is 1. The predicted molar refractivity (Wildman–Crippen MR) is 65.9 cm³/mol. The van der Waals surface area contributed by atoms with Gasteiger partial charge in [-0.15, -0.1) is 0 Å². The highest BCUT2D eigenvalue weighted by atomic mass is 15.0. The van der Waals surface area contributed by atoms with Crippen molar-refractivity contribution in [3.05, 3.63) is 17.8 Å².